The maximum Gasteiger partial charge on any atom is 0.292 e. The number of carbonyl (C=O) groups is 2. The molecule has 2 aromatic heterocycles. The zero-order chi connectivity index (χ0) is 23.8. The van der Waals surface area contributed by atoms with Gasteiger partial charge in [0.15, 0.2) is 11.2 Å². The maximum atomic E-state index is 13.2. The molecule has 2 aliphatic rings. The molecule has 0 spiro atoms. The number of hydrogen-bond donors (Lipinski definition) is 2. The van der Waals surface area contributed by atoms with E-state index in [0.717, 1.165) is 66.7 Å². The van der Waals surface area contributed by atoms with Gasteiger partial charge in [0, 0.05) is 24.1 Å². The summed E-state index contributed by atoms with van der Waals surface area (Å²) in [6, 6.07) is 4.80. The Kier molecular flexibility index (Phi) is 6.27. The molecule has 0 unspecified atom stereocenters. The Balaban J connectivity index is 1.45. The van der Waals surface area contributed by atoms with Crippen molar-refractivity contribution in [2.75, 3.05) is 18.5 Å². The van der Waals surface area contributed by atoms with Gasteiger partial charge in [0.2, 0.25) is 0 Å². The fourth-order valence-electron chi connectivity index (χ4n) is 4.72. The number of aryl methyl sites for hydroxylation is 3. The van der Waals surface area contributed by atoms with Crippen molar-refractivity contribution in [3.63, 3.8) is 0 Å². The first-order valence-electron chi connectivity index (χ1n) is 11.8. The van der Waals surface area contributed by atoms with E-state index in [4.69, 9.17) is 9.15 Å². The van der Waals surface area contributed by atoms with Gasteiger partial charge in [-0.25, -0.2) is 0 Å². The lowest BCUT2D eigenvalue weighted by Crippen LogP contribution is -2.32. The molecule has 0 saturated carbocycles. The van der Waals surface area contributed by atoms with Crippen LogP contribution < -0.4 is 16.1 Å². The van der Waals surface area contributed by atoms with Crippen LogP contribution in [0.25, 0.3) is 11.0 Å². The number of anilines is 1. The topological polar surface area (TPSA) is 97.6 Å². The van der Waals surface area contributed by atoms with Gasteiger partial charge in [-0.15, -0.1) is 11.3 Å². The minimum absolute atomic E-state index is 0.0371. The fourth-order valence-corrected chi connectivity index (χ4v) is 6.00. The van der Waals surface area contributed by atoms with Gasteiger partial charge in [-0.2, -0.15) is 0 Å². The van der Waals surface area contributed by atoms with Gasteiger partial charge in [0.05, 0.1) is 17.1 Å². The highest BCUT2D eigenvalue weighted by atomic mass is 32.1. The lowest BCUT2D eigenvalue weighted by molar-refractivity contribution is 0.0858. The SMILES string of the molecule is Cc1ccc2c(=O)cc(C(=O)Nc3sc4c(c3C(=O)NC[C@H]3CCCO3)CCCC4)oc2c1C. The highest BCUT2D eigenvalue weighted by molar-refractivity contribution is 7.17. The number of thiophene rings is 1. The molecule has 1 fully saturated rings. The Hall–Kier alpha value is -2.97. The van der Waals surface area contributed by atoms with Crippen molar-refractivity contribution in [3.05, 3.63) is 61.3 Å². The lowest BCUT2D eigenvalue weighted by Gasteiger charge is -2.15. The van der Waals surface area contributed by atoms with E-state index >= 15 is 0 Å². The van der Waals surface area contributed by atoms with E-state index in [1.54, 1.807) is 6.07 Å². The van der Waals surface area contributed by atoms with Gasteiger partial charge in [-0.3, -0.25) is 14.4 Å². The van der Waals surface area contributed by atoms with E-state index in [-0.39, 0.29) is 23.2 Å². The van der Waals surface area contributed by atoms with Crippen LogP contribution in [0.4, 0.5) is 5.00 Å². The normalized spacial score (nSPS) is 17.5. The molecule has 7 nitrogen and oxygen atoms in total. The summed E-state index contributed by atoms with van der Waals surface area (Å²) in [4.78, 5) is 40.2. The lowest BCUT2D eigenvalue weighted by atomic mass is 9.95. The van der Waals surface area contributed by atoms with Gasteiger partial charge in [-0.05, 0) is 75.1 Å². The van der Waals surface area contributed by atoms with Gasteiger partial charge < -0.3 is 19.8 Å². The van der Waals surface area contributed by atoms with E-state index in [1.165, 1.54) is 17.4 Å². The van der Waals surface area contributed by atoms with Crippen LogP contribution in [-0.4, -0.2) is 31.1 Å². The summed E-state index contributed by atoms with van der Waals surface area (Å²) in [5.41, 5.74) is 3.49. The van der Waals surface area contributed by atoms with Crippen LogP contribution in [0.1, 0.15) is 68.2 Å². The molecule has 0 radical (unpaired) electrons. The van der Waals surface area contributed by atoms with Crippen molar-refractivity contribution in [3.8, 4) is 0 Å². The van der Waals surface area contributed by atoms with Crippen LogP contribution in [0.2, 0.25) is 0 Å². The first-order valence-corrected chi connectivity index (χ1v) is 12.6. The van der Waals surface area contributed by atoms with Crippen LogP contribution >= 0.6 is 11.3 Å². The van der Waals surface area contributed by atoms with E-state index in [0.29, 0.717) is 28.1 Å². The second-order valence-corrected chi connectivity index (χ2v) is 10.2. The molecule has 1 aliphatic carbocycles. The van der Waals surface area contributed by atoms with Crippen LogP contribution in [0.5, 0.6) is 0 Å². The summed E-state index contributed by atoms with van der Waals surface area (Å²) >= 11 is 1.44. The molecule has 178 valence electrons. The van der Waals surface area contributed by atoms with Gasteiger partial charge in [0.25, 0.3) is 11.8 Å². The van der Waals surface area contributed by atoms with Crippen molar-refractivity contribution >= 4 is 39.1 Å². The minimum atomic E-state index is -0.535. The standard InChI is InChI=1S/C26H28N2O5S/c1-14-9-10-17-19(29)12-20(33-23(17)15(14)2)24(30)28-26-22(18-7-3-4-8-21(18)34-26)25(31)27-13-16-6-5-11-32-16/h9-10,12,16H,3-8,11,13H2,1-2H3,(H,27,31)(H,28,30)/t16-/m1/s1. The number of fused-ring (bicyclic) bond motifs is 2. The summed E-state index contributed by atoms with van der Waals surface area (Å²) < 4.78 is 11.5. The molecule has 1 aromatic carbocycles. The highest BCUT2D eigenvalue weighted by Crippen LogP contribution is 2.38. The molecule has 2 N–H and O–H groups in total. The number of benzene rings is 1. The van der Waals surface area contributed by atoms with Crippen molar-refractivity contribution in [1.82, 2.24) is 5.32 Å². The van der Waals surface area contributed by atoms with Crippen LogP contribution in [0.3, 0.4) is 0 Å². The van der Waals surface area contributed by atoms with Crippen molar-refractivity contribution in [1.29, 1.82) is 0 Å². The molecule has 0 bridgehead atoms. The average molecular weight is 481 g/mol. The van der Waals surface area contributed by atoms with Crippen molar-refractivity contribution in [2.45, 2.75) is 58.5 Å². The Morgan fingerprint density at radius 3 is 2.74 bits per heavy atom. The third kappa shape index (κ3) is 4.28. The number of carbonyl (C=O) groups excluding carboxylic acids is 2. The van der Waals surface area contributed by atoms with Crippen LogP contribution in [0, 0.1) is 13.8 Å². The Bertz CT molecular complexity index is 1330. The zero-order valence-corrected chi connectivity index (χ0v) is 20.2. The molecule has 5 rings (SSSR count). The van der Waals surface area contributed by atoms with Gasteiger partial charge in [0.1, 0.15) is 10.6 Å². The second-order valence-electron chi connectivity index (χ2n) is 9.07. The van der Waals surface area contributed by atoms with Crippen LogP contribution in [0.15, 0.2) is 27.4 Å². The quantitative estimate of drug-likeness (QED) is 0.560. The number of ether oxygens (including phenoxy) is 1. The molecular formula is C26H28N2O5S. The van der Waals surface area contributed by atoms with E-state index in [9.17, 15) is 14.4 Å². The average Bonchev–Trinajstić information content (AvgIpc) is 3.47. The number of amides is 2. The van der Waals surface area contributed by atoms with E-state index < -0.39 is 5.91 Å². The molecule has 2 amide bonds. The highest BCUT2D eigenvalue weighted by Gasteiger charge is 2.28. The molecule has 8 heteroatoms. The van der Waals surface area contributed by atoms with Crippen molar-refractivity contribution in [2.24, 2.45) is 0 Å². The summed E-state index contributed by atoms with van der Waals surface area (Å²) in [5.74, 6) is -0.799. The predicted molar refractivity (Wildman–Crippen MR) is 132 cm³/mol. The van der Waals surface area contributed by atoms with E-state index in [2.05, 4.69) is 10.6 Å². The van der Waals surface area contributed by atoms with E-state index in [1.807, 2.05) is 19.9 Å². The number of nitrogens with one attached hydrogen (secondary N) is 2. The van der Waals surface area contributed by atoms with Crippen LogP contribution in [-0.2, 0) is 17.6 Å². The minimum Gasteiger partial charge on any atom is -0.450 e. The fraction of sp³-hybridized carbons (Fsp3) is 0.423. The summed E-state index contributed by atoms with van der Waals surface area (Å²) in [6.45, 7) is 4.98. The summed E-state index contributed by atoms with van der Waals surface area (Å²) in [6.07, 6.45) is 5.77. The summed E-state index contributed by atoms with van der Waals surface area (Å²) in [5, 5.41) is 6.82. The molecule has 1 saturated heterocycles. The second kappa shape index (κ2) is 9.35. The Labute approximate surface area is 201 Å². The molecule has 3 heterocycles. The first kappa shape index (κ1) is 22.8. The number of hydrogen-bond acceptors (Lipinski definition) is 6. The zero-order valence-electron chi connectivity index (χ0n) is 19.4. The molecule has 1 atom stereocenters. The molecule has 34 heavy (non-hydrogen) atoms. The Morgan fingerprint density at radius 1 is 1.12 bits per heavy atom. The summed E-state index contributed by atoms with van der Waals surface area (Å²) in [7, 11) is 0. The maximum absolute atomic E-state index is 13.2. The third-order valence-electron chi connectivity index (χ3n) is 6.78. The predicted octanol–water partition coefficient (Wildman–Crippen LogP) is 4.51. The Morgan fingerprint density at radius 2 is 1.94 bits per heavy atom. The van der Waals surface area contributed by atoms with Crippen molar-refractivity contribution < 1.29 is 18.7 Å². The smallest absolute Gasteiger partial charge is 0.292 e. The van der Waals surface area contributed by atoms with Gasteiger partial charge >= 0.3 is 0 Å². The third-order valence-corrected chi connectivity index (χ3v) is 7.99. The molecular weight excluding hydrogens is 452 g/mol. The largest absolute Gasteiger partial charge is 0.450 e. The molecule has 1 aliphatic heterocycles. The van der Waals surface area contributed by atoms with Gasteiger partial charge in [-0.1, -0.05) is 6.07 Å². The molecule has 3 aromatic rings. The number of rotatable bonds is 5. The monoisotopic (exact) mass is 480 g/mol. The first-order chi connectivity index (χ1) is 16.4.